The highest BCUT2D eigenvalue weighted by Gasteiger charge is 2.19. The molecule has 2 aromatic carbocycles. The van der Waals surface area contributed by atoms with Crippen molar-refractivity contribution in [1.29, 1.82) is 0 Å². The molecule has 8 nitrogen and oxygen atoms in total. The lowest BCUT2D eigenvalue weighted by Crippen LogP contribution is -2.14. The van der Waals surface area contributed by atoms with Gasteiger partial charge < -0.3 is 10.4 Å². The highest BCUT2D eigenvalue weighted by atomic mass is 32.2. The topological polar surface area (TPSA) is 118 Å². The van der Waals surface area contributed by atoms with Gasteiger partial charge in [-0.3, -0.25) is 14.9 Å². The highest BCUT2D eigenvalue weighted by Crippen LogP contribution is 2.41. The molecule has 0 fully saturated rings. The number of phenols is 1. The SMILES string of the molecule is Cc1ccc(-c2c(C)sc3nc(C)nc(SCC(=O)Nc4cc([N+](=O)[O-])ccc4O)c23)cc1. The number of amides is 1. The first-order chi connectivity index (χ1) is 15.7. The van der Waals surface area contributed by atoms with Gasteiger partial charge in [0.25, 0.3) is 5.69 Å². The largest absolute Gasteiger partial charge is 0.506 e. The molecule has 0 saturated carbocycles. The van der Waals surface area contributed by atoms with Crippen LogP contribution in [0, 0.1) is 30.9 Å². The van der Waals surface area contributed by atoms with Crippen LogP contribution in [0.15, 0.2) is 47.5 Å². The Labute approximate surface area is 197 Å². The van der Waals surface area contributed by atoms with Crippen molar-refractivity contribution in [2.24, 2.45) is 0 Å². The standard InChI is InChI=1S/C23H20N4O4S2/c1-12-4-6-15(7-5-12)20-13(2)33-23-21(20)22(24-14(3)25-23)32-11-19(29)26-17-10-16(27(30)31)8-9-18(17)28/h4-10,28H,11H2,1-3H3,(H,26,29). The second-order valence-corrected chi connectivity index (χ2v) is 9.62. The number of hydrogen-bond acceptors (Lipinski definition) is 8. The maximum absolute atomic E-state index is 12.6. The summed E-state index contributed by atoms with van der Waals surface area (Å²) in [6.07, 6.45) is 0. The van der Waals surface area contributed by atoms with Crippen LogP contribution < -0.4 is 5.32 Å². The van der Waals surface area contributed by atoms with Crippen LogP contribution in [-0.4, -0.2) is 31.7 Å². The highest BCUT2D eigenvalue weighted by molar-refractivity contribution is 8.00. The van der Waals surface area contributed by atoms with E-state index in [1.807, 2.05) is 20.8 Å². The summed E-state index contributed by atoms with van der Waals surface area (Å²) < 4.78 is 0. The van der Waals surface area contributed by atoms with Crippen LogP contribution in [-0.2, 0) is 4.79 Å². The minimum Gasteiger partial charge on any atom is -0.506 e. The summed E-state index contributed by atoms with van der Waals surface area (Å²) in [5, 5.41) is 25.1. The van der Waals surface area contributed by atoms with Crippen molar-refractivity contribution >= 4 is 50.6 Å². The average Bonchev–Trinajstić information content (AvgIpc) is 3.09. The van der Waals surface area contributed by atoms with E-state index >= 15 is 0 Å². The van der Waals surface area contributed by atoms with E-state index in [1.165, 1.54) is 29.5 Å². The number of non-ortho nitro benzene ring substituents is 1. The number of nitrogens with one attached hydrogen (secondary N) is 1. The third-order valence-corrected chi connectivity index (χ3v) is 6.93. The van der Waals surface area contributed by atoms with Crippen molar-refractivity contribution in [3.05, 3.63) is 68.8 Å². The number of thiophene rings is 1. The molecule has 0 saturated heterocycles. The lowest BCUT2D eigenvalue weighted by Gasteiger charge is -2.09. The number of aryl methyl sites for hydroxylation is 3. The lowest BCUT2D eigenvalue weighted by molar-refractivity contribution is -0.384. The minimum absolute atomic E-state index is 0.00876. The average molecular weight is 481 g/mol. The molecule has 0 spiro atoms. The molecule has 0 bridgehead atoms. The van der Waals surface area contributed by atoms with Gasteiger partial charge in [-0.15, -0.1) is 11.3 Å². The summed E-state index contributed by atoms with van der Waals surface area (Å²) in [6.45, 7) is 5.89. The van der Waals surface area contributed by atoms with Crippen LogP contribution in [0.5, 0.6) is 5.75 Å². The van der Waals surface area contributed by atoms with E-state index < -0.39 is 10.8 Å². The fourth-order valence-corrected chi connectivity index (χ4v) is 5.45. The minimum atomic E-state index is -0.588. The van der Waals surface area contributed by atoms with Gasteiger partial charge in [0.1, 0.15) is 21.4 Å². The van der Waals surface area contributed by atoms with Gasteiger partial charge in [-0.05, 0) is 32.4 Å². The molecule has 0 aliphatic heterocycles. The first-order valence-electron chi connectivity index (χ1n) is 9.97. The van der Waals surface area contributed by atoms with Crippen molar-refractivity contribution in [2.75, 3.05) is 11.1 Å². The Morgan fingerprint density at radius 1 is 1.15 bits per heavy atom. The fourth-order valence-electron chi connectivity index (χ4n) is 3.41. The molecule has 0 atom stereocenters. The quantitative estimate of drug-likeness (QED) is 0.121. The Hall–Kier alpha value is -3.50. The van der Waals surface area contributed by atoms with E-state index in [0.29, 0.717) is 10.9 Å². The number of nitro benzene ring substituents is 1. The molecular formula is C23H20N4O4S2. The number of hydrogen-bond donors (Lipinski definition) is 2. The second kappa shape index (κ2) is 9.16. The van der Waals surface area contributed by atoms with Gasteiger partial charge in [-0.2, -0.15) is 0 Å². The molecule has 0 aliphatic carbocycles. The summed E-state index contributed by atoms with van der Waals surface area (Å²) >= 11 is 2.85. The summed E-state index contributed by atoms with van der Waals surface area (Å²) in [6, 6.07) is 11.7. The molecule has 0 aliphatic rings. The summed E-state index contributed by atoms with van der Waals surface area (Å²) in [4.78, 5) is 34.1. The van der Waals surface area contributed by atoms with E-state index in [1.54, 1.807) is 11.3 Å². The van der Waals surface area contributed by atoms with Gasteiger partial charge in [-0.1, -0.05) is 41.6 Å². The van der Waals surface area contributed by atoms with Crippen molar-refractivity contribution in [1.82, 2.24) is 9.97 Å². The molecule has 10 heteroatoms. The Morgan fingerprint density at radius 2 is 1.88 bits per heavy atom. The van der Waals surface area contributed by atoms with Gasteiger partial charge in [-0.25, -0.2) is 9.97 Å². The van der Waals surface area contributed by atoms with Gasteiger partial charge in [0.15, 0.2) is 0 Å². The van der Waals surface area contributed by atoms with Crippen molar-refractivity contribution in [2.45, 2.75) is 25.8 Å². The van der Waals surface area contributed by atoms with E-state index in [9.17, 15) is 20.0 Å². The zero-order valence-corrected chi connectivity index (χ0v) is 19.7. The zero-order valence-electron chi connectivity index (χ0n) is 18.1. The maximum atomic E-state index is 12.6. The molecule has 0 radical (unpaired) electrons. The van der Waals surface area contributed by atoms with Crippen LogP contribution in [0.2, 0.25) is 0 Å². The van der Waals surface area contributed by atoms with E-state index in [-0.39, 0.29) is 22.9 Å². The predicted octanol–water partition coefficient (Wildman–Crippen LogP) is 5.63. The number of carbonyl (C=O) groups is 1. The first-order valence-corrected chi connectivity index (χ1v) is 11.8. The third-order valence-electron chi connectivity index (χ3n) is 4.95. The van der Waals surface area contributed by atoms with E-state index in [4.69, 9.17) is 0 Å². The molecule has 33 heavy (non-hydrogen) atoms. The Balaban J connectivity index is 1.63. The first kappa shape index (κ1) is 22.7. The number of nitrogens with zero attached hydrogens (tertiary/aromatic N) is 3. The van der Waals surface area contributed by atoms with Crippen LogP contribution in [0.1, 0.15) is 16.3 Å². The van der Waals surface area contributed by atoms with Crippen molar-refractivity contribution < 1.29 is 14.8 Å². The lowest BCUT2D eigenvalue weighted by atomic mass is 10.0. The number of nitro groups is 1. The second-order valence-electron chi connectivity index (χ2n) is 7.45. The van der Waals surface area contributed by atoms with Crippen LogP contribution in [0.3, 0.4) is 0 Å². The molecule has 4 rings (SSSR count). The Bertz CT molecular complexity index is 1380. The number of aromatic nitrogens is 2. The van der Waals surface area contributed by atoms with Crippen molar-refractivity contribution in [3.63, 3.8) is 0 Å². The van der Waals surface area contributed by atoms with Gasteiger partial charge in [0.05, 0.1) is 21.7 Å². The summed E-state index contributed by atoms with van der Waals surface area (Å²) in [7, 11) is 0. The number of fused-ring (bicyclic) bond motifs is 1. The van der Waals surface area contributed by atoms with E-state index in [2.05, 4.69) is 39.6 Å². The number of phenolic OH excluding ortho intramolecular Hbond substituents is 1. The molecule has 4 aromatic rings. The Morgan fingerprint density at radius 3 is 2.58 bits per heavy atom. The molecule has 168 valence electrons. The number of aromatic hydroxyl groups is 1. The molecule has 2 aromatic heterocycles. The van der Waals surface area contributed by atoms with Crippen molar-refractivity contribution in [3.8, 4) is 16.9 Å². The number of benzene rings is 2. The van der Waals surface area contributed by atoms with Gasteiger partial charge in [0.2, 0.25) is 5.91 Å². The predicted molar refractivity (Wildman–Crippen MR) is 131 cm³/mol. The summed E-state index contributed by atoms with van der Waals surface area (Å²) in [5.41, 5.74) is 3.04. The number of rotatable bonds is 6. The van der Waals surface area contributed by atoms with E-state index in [0.717, 1.165) is 32.3 Å². The van der Waals surface area contributed by atoms with Crippen LogP contribution >= 0.6 is 23.1 Å². The zero-order chi connectivity index (χ0) is 23.7. The normalized spacial score (nSPS) is 11.0. The monoisotopic (exact) mass is 480 g/mol. The number of thioether (sulfide) groups is 1. The van der Waals surface area contributed by atoms with Crippen LogP contribution in [0.25, 0.3) is 21.3 Å². The number of anilines is 1. The summed E-state index contributed by atoms with van der Waals surface area (Å²) in [5.74, 6) is -0.0348. The molecule has 2 N–H and O–H groups in total. The fraction of sp³-hybridized carbons (Fsp3) is 0.174. The smallest absolute Gasteiger partial charge is 0.271 e. The third kappa shape index (κ3) is 4.81. The Kier molecular flexibility index (Phi) is 6.30. The molecule has 1 amide bonds. The molecular weight excluding hydrogens is 460 g/mol. The number of carbonyl (C=O) groups excluding carboxylic acids is 1. The molecule has 2 heterocycles. The van der Waals surface area contributed by atoms with Gasteiger partial charge in [0, 0.05) is 22.6 Å². The maximum Gasteiger partial charge on any atom is 0.271 e. The molecule has 0 unspecified atom stereocenters. The van der Waals surface area contributed by atoms with Gasteiger partial charge >= 0.3 is 0 Å². The van der Waals surface area contributed by atoms with Crippen LogP contribution in [0.4, 0.5) is 11.4 Å².